The third-order valence-corrected chi connectivity index (χ3v) is 2.38. The van der Waals surface area contributed by atoms with E-state index in [4.69, 9.17) is 0 Å². The molecular formula is C8H4NO2S-. The first-order valence-corrected chi connectivity index (χ1v) is 4.20. The summed E-state index contributed by atoms with van der Waals surface area (Å²) in [6.07, 6.45) is 0. The molecule has 3 nitrogen and oxygen atoms in total. The van der Waals surface area contributed by atoms with Crippen LogP contribution >= 0.6 is 11.3 Å². The molecule has 60 valence electrons. The van der Waals surface area contributed by atoms with Gasteiger partial charge in [-0.1, -0.05) is 6.07 Å². The van der Waals surface area contributed by atoms with Crippen LogP contribution in [0.3, 0.4) is 0 Å². The van der Waals surface area contributed by atoms with Gasteiger partial charge in [0.15, 0.2) is 0 Å². The maximum absolute atomic E-state index is 10.4. The number of fused-ring (bicyclic) bond motifs is 1. The van der Waals surface area contributed by atoms with E-state index in [-0.39, 0.29) is 5.56 Å². The van der Waals surface area contributed by atoms with Gasteiger partial charge in [0.2, 0.25) is 0 Å². The van der Waals surface area contributed by atoms with Crippen LogP contribution in [0, 0.1) is 0 Å². The second-order valence-corrected chi connectivity index (χ2v) is 3.21. The number of rotatable bonds is 1. The van der Waals surface area contributed by atoms with Crippen molar-refractivity contribution in [1.29, 1.82) is 0 Å². The number of thiazole rings is 1. The monoisotopic (exact) mass is 178 g/mol. The molecule has 1 heterocycles. The normalized spacial score (nSPS) is 10.3. The molecule has 12 heavy (non-hydrogen) atoms. The van der Waals surface area contributed by atoms with Crippen molar-refractivity contribution in [1.82, 2.24) is 4.98 Å². The molecule has 1 aromatic heterocycles. The van der Waals surface area contributed by atoms with Gasteiger partial charge in [-0.25, -0.2) is 4.98 Å². The van der Waals surface area contributed by atoms with Crippen molar-refractivity contribution in [2.75, 3.05) is 0 Å². The Bertz CT molecular complexity index is 435. The fourth-order valence-corrected chi connectivity index (χ4v) is 1.64. The topological polar surface area (TPSA) is 53.0 Å². The number of aromatic carboxylic acids is 1. The van der Waals surface area contributed by atoms with E-state index in [2.05, 4.69) is 4.98 Å². The summed E-state index contributed by atoms with van der Waals surface area (Å²) in [6.45, 7) is 0. The summed E-state index contributed by atoms with van der Waals surface area (Å²) in [7, 11) is 0. The van der Waals surface area contributed by atoms with Gasteiger partial charge in [-0.3, -0.25) is 0 Å². The quantitative estimate of drug-likeness (QED) is 0.644. The Morgan fingerprint density at radius 1 is 1.50 bits per heavy atom. The molecule has 0 saturated heterocycles. The maximum atomic E-state index is 10.4. The van der Waals surface area contributed by atoms with Crippen LogP contribution in [-0.4, -0.2) is 11.0 Å². The van der Waals surface area contributed by atoms with Crippen LogP contribution < -0.4 is 5.11 Å². The first-order valence-electron chi connectivity index (χ1n) is 3.32. The molecule has 0 atom stereocenters. The van der Waals surface area contributed by atoms with E-state index in [0.29, 0.717) is 5.52 Å². The van der Waals surface area contributed by atoms with Crippen molar-refractivity contribution in [2.45, 2.75) is 0 Å². The van der Waals surface area contributed by atoms with Gasteiger partial charge in [-0.05, 0) is 17.7 Å². The summed E-state index contributed by atoms with van der Waals surface area (Å²) in [5.41, 5.74) is 2.57. The maximum Gasteiger partial charge on any atom is 0.0818 e. The van der Waals surface area contributed by atoms with Crippen LogP contribution in [0.1, 0.15) is 10.4 Å². The summed E-state index contributed by atoms with van der Waals surface area (Å²) >= 11 is 1.48. The average molecular weight is 178 g/mol. The SMILES string of the molecule is O=C([O-])c1ccc2scnc2c1. The zero-order valence-electron chi connectivity index (χ0n) is 5.98. The Kier molecular flexibility index (Phi) is 1.55. The van der Waals surface area contributed by atoms with Crippen LogP contribution in [-0.2, 0) is 0 Å². The Hall–Kier alpha value is -1.42. The Labute approximate surface area is 72.3 Å². The van der Waals surface area contributed by atoms with Crippen molar-refractivity contribution in [2.24, 2.45) is 0 Å². The second kappa shape index (κ2) is 2.57. The predicted octanol–water partition coefficient (Wildman–Crippen LogP) is 0.660. The van der Waals surface area contributed by atoms with Crippen LogP contribution in [0.15, 0.2) is 23.7 Å². The molecule has 0 amide bonds. The van der Waals surface area contributed by atoms with Crippen molar-refractivity contribution < 1.29 is 9.90 Å². The van der Waals surface area contributed by atoms with Crippen molar-refractivity contribution >= 4 is 27.5 Å². The number of carbonyl (C=O) groups is 1. The molecule has 2 aromatic rings. The summed E-state index contributed by atoms with van der Waals surface area (Å²) in [5, 5.41) is 10.4. The van der Waals surface area contributed by atoms with Gasteiger partial charge in [-0.15, -0.1) is 11.3 Å². The van der Waals surface area contributed by atoms with Gasteiger partial charge < -0.3 is 9.90 Å². The molecule has 0 aliphatic carbocycles. The van der Waals surface area contributed by atoms with E-state index in [1.165, 1.54) is 23.5 Å². The van der Waals surface area contributed by atoms with Gasteiger partial charge in [0, 0.05) is 0 Å². The lowest BCUT2D eigenvalue weighted by Crippen LogP contribution is -2.21. The standard InChI is InChI=1S/C8H5NO2S/c10-8(11)5-1-2-7-6(3-5)9-4-12-7/h1-4H,(H,10,11)/p-1. The third-order valence-electron chi connectivity index (χ3n) is 1.57. The van der Waals surface area contributed by atoms with Gasteiger partial charge in [0.1, 0.15) is 0 Å². The zero-order valence-corrected chi connectivity index (χ0v) is 6.80. The zero-order chi connectivity index (χ0) is 8.55. The highest BCUT2D eigenvalue weighted by Gasteiger charge is 1.98. The number of nitrogens with zero attached hydrogens (tertiary/aromatic N) is 1. The summed E-state index contributed by atoms with van der Waals surface area (Å²) < 4.78 is 0.986. The molecule has 0 aliphatic heterocycles. The molecule has 0 fully saturated rings. The minimum atomic E-state index is -1.16. The van der Waals surface area contributed by atoms with Gasteiger partial charge in [0.05, 0.1) is 21.7 Å². The lowest BCUT2D eigenvalue weighted by Gasteiger charge is -1.99. The number of carboxylic acids is 1. The van der Waals surface area contributed by atoms with Crippen molar-refractivity contribution in [3.05, 3.63) is 29.3 Å². The molecule has 0 radical (unpaired) electrons. The average Bonchev–Trinajstić information content (AvgIpc) is 2.49. The Balaban J connectivity index is 2.68. The minimum Gasteiger partial charge on any atom is -0.545 e. The highest BCUT2D eigenvalue weighted by Crippen LogP contribution is 2.18. The van der Waals surface area contributed by atoms with E-state index in [1.807, 2.05) is 0 Å². The largest absolute Gasteiger partial charge is 0.545 e. The predicted molar refractivity (Wildman–Crippen MR) is 44.0 cm³/mol. The second-order valence-electron chi connectivity index (χ2n) is 2.32. The lowest BCUT2D eigenvalue weighted by atomic mass is 10.2. The highest BCUT2D eigenvalue weighted by atomic mass is 32.1. The minimum absolute atomic E-state index is 0.174. The van der Waals surface area contributed by atoms with Crippen molar-refractivity contribution in [3.8, 4) is 0 Å². The number of hydrogen-bond acceptors (Lipinski definition) is 4. The van der Waals surface area contributed by atoms with Crippen molar-refractivity contribution in [3.63, 3.8) is 0 Å². The highest BCUT2D eigenvalue weighted by molar-refractivity contribution is 7.16. The molecule has 2 rings (SSSR count). The molecule has 0 spiro atoms. The first-order chi connectivity index (χ1) is 5.77. The van der Waals surface area contributed by atoms with E-state index in [1.54, 1.807) is 11.6 Å². The molecule has 0 saturated carbocycles. The fraction of sp³-hybridized carbons (Fsp3) is 0. The van der Waals surface area contributed by atoms with Crippen LogP contribution in [0.4, 0.5) is 0 Å². The van der Waals surface area contributed by atoms with E-state index in [0.717, 1.165) is 4.70 Å². The van der Waals surface area contributed by atoms with E-state index >= 15 is 0 Å². The molecule has 0 unspecified atom stereocenters. The molecular weight excluding hydrogens is 174 g/mol. The van der Waals surface area contributed by atoms with Crippen LogP contribution in [0.2, 0.25) is 0 Å². The molecule has 0 bridgehead atoms. The molecule has 0 aliphatic rings. The fourth-order valence-electron chi connectivity index (χ4n) is 0.985. The summed E-state index contributed by atoms with van der Waals surface area (Å²) in [5.74, 6) is -1.16. The van der Waals surface area contributed by atoms with Crippen LogP contribution in [0.5, 0.6) is 0 Å². The third kappa shape index (κ3) is 1.06. The summed E-state index contributed by atoms with van der Waals surface area (Å²) in [4.78, 5) is 14.4. The lowest BCUT2D eigenvalue weighted by molar-refractivity contribution is -0.255. The van der Waals surface area contributed by atoms with Gasteiger partial charge in [0.25, 0.3) is 0 Å². The van der Waals surface area contributed by atoms with E-state index in [9.17, 15) is 9.90 Å². The number of benzene rings is 1. The number of aromatic nitrogens is 1. The number of hydrogen-bond donors (Lipinski definition) is 0. The summed E-state index contributed by atoms with van der Waals surface area (Å²) in [6, 6.07) is 4.77. The van der Waals surface area contributed by atoms with Crippen LogP contribution in [0.25, 0.3) is 10.2 Å². The molecule has 1 aromatic carbocycles. The smallest absolute Gasteiger partial charge is 0.0818 e. The Morgan fingerprint density at radius 2 is 2.33 bits per heavy atom. The number of carbonyl (C=O) groups excluding carboxylic acids is 1. The van der Waals surface area contributed by atoms with E-state index < -0.39 is 5.97 Å². The number of carboxylic acid groups (broad SMARTS) is 1. The first kappa shape index (κ1) is 7.24. The van der Waals surface area contributed by atoms with Gasteiger partial charge >= 0.3 is 0 Å². The Morgan fingerprint density at radius 3 is 3.08 bits per heavy atom. The molecule has 4 heteroatoms. The molecule has 0 N–H and O–H groups in total. The van der Waals surface area contributed by atoms with Gasteiger partial charge in [-0.2, -0.15) is 0 Å².